The summed E-state index contributed by atoms with van der Waals surface area (Å²) in [6.07, 6.45) is 43.8. The number of carbonyl (C=O) groups is 2. The molecule has 2 unspecified atom stereocenters. The van der Waals surface area contributed by atoms with Gasteiger partial charge in [0.05, 0.1) is 6.61 Å². The number of aliphatic hydroxyl groups excluding tert-OH is 1. The molecule has 362 valence electrons. The summed E-state index contributed by atoms with van der Waals surface area (Å²) in [5.41, 5.74) is 0.881. The molecule has 6 heteroatoms. The Labute approximate surface area is 382 Å². The van der Waals surface area contributed by atoms with Crippen molar-refractivity contribution in [1.82, 2.24) is 9.80 Å². The molecule has 0 fully saturated rings. The Bertz CT molecular complexity index is 956. The first-order chi connectivity index (χ1) is 29.8. The molecule has 0 aromatic rings. The highest BCUT2D eigenvalue weighted by Gasteiger charge is 2.16. The van der Waals surface area contributed by atoms with Gasteiger partial charge in [0.1, 0.15) is 0 Å². The first-order valence-corrected chi connectivity index (χ1v) is 27.2. The second kappa shape index (κ2) is 46.7. The topological polar surface area (TPSA) is 70.1 Å². The Morgan fingerprint density at radius 1 is 0.475 bits per heavy atom. The Hall–Kier alpha value is -1.24. The third-order valence-corrected chi connectivity index (χ3v) is 13.3. The molecule has 0 bridgehead atoms. The maximum Gasteiger partial charge on any atom is 0.305 e. The van der Waals surface area contributed by atoms with Gasteiger partial charge in [-0.25, -0.2) is 0 Å². The highest BCUT2D eigenvalue weighted by molar-refractivity contribution is 5.94. The molecule has 0 saturated carbocycles. The molecule has 61 heavy (non-hydrogen) atoms. The zero-order chi connectivity index (χ0) is 44.9. The van der Waals surface area contributed by atoms with Crippen LogP contribution in [-0.4, -0.2) is 79.6 Å². The highest BCUT2D eigenvalue weighted by Crippen LogP contribution is 2.26. The molecule has 0 amide bonds. The van der Waals surface area contributed by atoms with Crippen LogP contribution >= 0.6 is 0 Å². The predicted octanol–water partition coefficient (Wildman–Crippen LogP) is 15.6. The van der Waals surface area contributed by atoms with E-state index < -0.39 is 0 Å². The van der Waals surface area contributed by atoms with Crippen molar-refractivity contribution in [3.63, 3.8) is 0 Å². The zero-order valence-electron chi connectivity index (χ0n) is 42.0. The molecule has 0 aliphatic heterocycles. The van der Waals surface area contributed by atoms with Gasteiger partial charge >= 0.3 is 5.97 Å². The molecular weight excluding hydrogens is 753 g/mol. The molecule has 0 spiro atoms. The van der Waals surface area contributed by atoms with Crippen LogP contribution in [0.3, 0.4) is 0 Å². The number of unbranched alkanes of at least 4 members (excludes halogenated alkanes) is 23. The largest absolute Gasteiger partial charge is 0.465 e. The Morgan fingerprint density at radius 2 is 0.885 bits per heavy atom. The zero-order valence-corrected chi connectivity index (χ0v) is 42.0. The molecule has 0 aliphatic carbocycles. The molecule has 0 rings (SSSR count). The Kier molecular flexibility index (Phi) is 45.8. The van der Waals surface area contributed by atoms with E-state index in [-0.39, 0.29) is 5.97 Å². The van der Waals surface area contributed by atoms with Crippen LogP contribution in [0.15, 0.2) is 12.2 Å². The van der Waals surface area contributed by atoms with Crippen molar-refractivity contribution in [1.29, 1.82) is 0 Å². The van der Waals surface area contributed by atoms with Crippen LogP contribution in [0.25, 0.3) is 0 Å². The van der Waals surface area contributed by atoms with Crippen LogP contribution in [0.4, 0.5) is 0 Å². The number of aliphatic hydroxyl groups is 1. The first-order valence-electron chi connectivity index (χ1n) is 27.2. The molecule has 0 heterocycles. The molecule has 0 saturated heterocycles. The molecule has 6 nitrogen and oxygen atoms in total. The second-order valence-electron chi connectivity index (χ2n) is 19.4. The molecule has 2 atom stereocenters. The van der Waals surface area contributed by atoms with Crippen LogP contribution in [-0.2, 0) is 14.3 Å². The van der Waals surface area contributed by atoms with E-state index in [0.29, 0.717) is 43.7 Å². The van der Waals surface area contributed by atoms with E-state index in [2.05, 4.69) is 51.1 Å². The van der Waals surface area contributed by atoms with Crippen molar-refractivity contribution in [2.75, 3.05) is 53.0 Å². The van der Waals surface area contributed by atoms with Crippen molar-refractivity contribution >= 4 is 11.8 Å². The number of Topliss-reactive ketones (excluding diaryl/α,β-unsaturated/α-hetero) is 1. The van der Waals surface area contributed by atoms with Crippen molar-refractivity contribution in [2.24, 2.45) is 11.8 Å². The van der Waals surface area contributed by atoms with Gasteiger partial charge in [-0.1, -0.05) is 201 Å². The van der Waals surface area contributed by atoms with Gasteiger partial charge in [0.15, 0.2) is 5.78 Å². The normalized spacial score (nSPS) is 12.7. The van der Waals surface area contributed by atoms with Crippen LogP contribution in [0.1, 0.15) is 265 Å². The third-order valence-electron chi connectivity index (χ3n) is 13.3. The lowest BCUT2D eigenvalue weighted by atomic mass is 9.87. The van der Waals surface area contributed by atoms with Gasteiger partial charge in [-0.05, 0) is 102 Å². The highest BCUT2D eigenvalue weighted by atomic mass is 16.5. The average Bonchev–Trinajstić information content (AvgIpc) is 3.25. The number of ketones is 1. The summed E-state index contributed by atoms with van der Waals surface area (Å²) < 4.78 is 5.89. The number of nitrogens with zero attached hydrogens (tertiary/aromatic N) is 2. The van der Waals surface area contributed by atoms with Crippen molar-refractivity contribution in [3.05, 3.63) is 12.2 Å². The van der Waals surface area contributed by atoms with Crippen molar-refractivity contribution in [3.8, 4) is 0 Å². The number of hydrogen-bond acceptors (Lipinski definition) is 6. The van der Waals surface area contributed by atoms with Gasteiger partial charge in [0.2, 0.25) is 0 Å². The van der Waals surface area contributed by atoms with E-state index >= 15 is 0 Å². The van der Waals surface area contributed by atoms with Crippen molar-refractivity contribution in [2.45, 2.75) is 265 Å². The first kappa shape index (κ1) is 59.8. The quantitative estimate of drug-likeness (QED) is 0.0373. The predicted molar refractivity (Wildman–Crippen MR) is 267 cm³/mol. The minimum absolute atomic E-state index is 0.00324. The summed E-state index contributed by atoms with van der Waals surface area (Å²) in [7, 11) is 2.24. The van der Waals surface area contributed by atoms with E-state index in [1.54, 1.807) is 0 Å². The SMILES string of the molecule is C=C(CC(CCCCCC)CCCCCCCC)C(=O)CCCCCN(CCCCCC(=O)OCC(CCCCCC)CCCCCCCC)CCN(C)CCCCCCO. The van der Waals surface area contributed by atoms with Crippen molar-refractivity contribution < 1.29 is 19.4 Å². The molecule has 0 aromatic carbocycles. The van der Waals surface area contributed by atoms with Gasteiger partial charge < -0.3 is 19.6 Å². The summed E-state index contributed by atoms with van der Waals surface area (Å²) in [6.45, 7) is 19.7. The van der Waals surface area contributed by atoms with Crippen LogP contribution in [0.2, 0.25) is 0 Å². The fourth-order valence-corrected chi connectivity index (χ4v) is 8.91. The van der Waals surface area contributed by atoms with E-state index in [1.165, 1.54) is 167 Å². The van der Waals surface area contributed by atoms with Gasteiger partial charge in [0, 0.05) is 32.5 Å². The van der Waals surface area contributed by atoms with Crippen LogP contribution < -0.4 is 0 Å². The fraction of sp³-hybridized carbons (Fsp3) is 0.927. The van der Waals surface area contributed by atoms with E-state index in [9.17, 15) is 9.59 Å². The van der Waals surface area contributed by atoms with Gasteiger partial charge in [0.25, 0.3) is 0 Å². The van der Waals surface area contributed by atoms with Gasteiger partial charge in [-0.3, -0.25) is 9.59 Å². The third kappa shape index (κ3) is 41.2. The molecule has 0 aromatic heterocycles. The number of esters is 1. The van der Waals surface area contributed by atoms with Gasteiger partial charge in [-0.15, -0.1) is 0 Å². The summed E-state index contributed by atoms with van der Waals surface area (Å²) in [5.74, 6) is 1.44. The maximum absolute atomic E-state index is 13.2. The number of likely N-dealkylation sites (N-methyl/N-ethyl adjacent to an activating group) is 1. The summed E-state index contributed by atoms with van der Waals surface area (Å²) >= 11 is 0. The smallest absolute Gasteiger partial charge is 0.305 e. The molecule has 1 N–H and O–H groups in total. The number of carbonyl (C=O) groups excluding carboxylic acids is 2. The van der Waals surface area contributed by atoms with E-state index in [0.717, 1.165) is 96.1 Å². The molecule has 0 radical (unpaired) electrons. The van der Waals surface area contributed by atoms with Crippen LogP contribution in [0, 0.1) is 11.8 Å². The second-order valence-corrected chi connectivity index (χ2v) is 19.4. The fourth-order valence-electron chi connectivity index (χ4n) is 8.91. The van der Waals surface area contributed by atoms with E-state index in [1.807, 2.05) is 0 Å². The Balaban J connectivity index is 4.84. The standard InChI is InChI=1S/C55H108N2O4/c1-7-11-15-19-21-29-38-52(37-27-17-13-9-3)49-51(5)54(59)41-31-25-34-44-57(47-46-56(6)43-33-23-24-36-48-58)45-35-26-32-42-55(60)61-50-53(39-28-18-14-10-4)40-30-22-20-16-12-8-2/h52-53,58H,5,7-50H2,1-4,6H3. The minimum Gasteiger partial charge on any atom is -0.465 e. The maximum atomic E-state index is 13.2. The lowest BCUT2D eigenvalue weighted by Crippen LogP contribution is -2.35. The summed E-state index contributed by atoms with van der Waals surface area (Å²) in [5, 5.41) is 9.11. The molecular formula is C55H108N2O4. The number of hydrogen-bond donors (Lipinski definition) is 1. The lowest BCUT2D eigenvalue weighted by molar-refractivity contribution is -0.145. The average molecular weight is 861 g/mol. The number of rotatable bonds is 50. The Morgan fingerprint density at radius 3 is 1.41 bits per heavy atom. The van der Waals surface area contributed by atoms with E-state index in [4.69, 9.17) is 9.84 Å². The van der Waals surface area contributed by atoms with Gasteiger partial charge in [-0.2, -0.15) is 0 Å². The minimum atomic E-state index is -0.00324. The summed E-state index contributed by atoms with van der Waals surface area (Å²) in [6, 6.07) is 0. The lowest BCUT2D eigenvalue weighted by Gasteiger charge is -2.25. The monoisotopic (exact) mass is 861 g/mol. The summed E-state index contributed by atoms with van der Waals surface area (Å²) in [4.78, 5) is 31.1. The number of ether oxygens (including phenoxy) is 1. The number of allylic oxidation sites excluding steroid dienone is 1. The molecule has 0 aliphatic rings. The van der Waals surface area contributed by atoms with Crippen LogP contribution in [0.5, 0.6) is 0 Å².